The number of carbonyl (C=O) groups excluding carboxylic acids is 2. The highest BCUT2D eigenvalue weighted by Gasteiger charge is 2.18. The molecule has 0 fully saturated rings. The van der Waals surface area contributed by atoms with Gasteiger partial charge in [-0.15, -0.1) is 0 Å². The quantitative estimate of drug-likeness (QED) is 0.141. The van der Waals surface area contributed by atoms with Gasteiger partial charge in [-0.2, -0.15) is 5.26 Å². The summed E-state index contributed by atoms with van der Waals surface area (Å²) < 4.78 is 10.3. The van der Waals surface area contributed by atoms with Gasteiger partial charge in [-0.1, -0.05) is 23.7 Å². The lowest BCUT2D eigenvalue weighted by atomic mass is 10.1. The van der Waals surface area contributed by atoms with Crippen LogP contribution in [0.3, 0.4) is 0 Å². The lowest BCUT2D eigenvalue weighted by Crippen LogP contribution is -2.23. The number of nitrogens with zero attached hydrogens (tertiary/aromatic N) is 2. The van der Waals surface area contributed by atoms with E-state index in [-0.39, 0.29) is 34.1 Å². The molecule has 0 saturated heterocycles. The summed E-state index contributed by atoms with van der Waals surface area (Å²) in [5.74, 6) is -0.738. The number of hydrogen-bond donors (Lipinski definition) is 1. The molecule has 0 bridgehead atoms. The third-order valence-corrected chi connectivity index (χ3v) is 4.48. The molecule has 0 saturated carbocycles. The summed E-state index contributed by atoms with van der Waals surface area (Å²) in [6, 6.07) is 14.6. The van der Waals surface area contributed by atoms with Crippen molar-refractivity contribution in [3.05, 3.63) is 98.5 Å². The second-order valence-corrected chi connectivity index (χ2v) is 6.72. The van der Waals surface area contributed by atoms with Crippen LogP contribution in [0.25, 0.3) is 6.08 Å². The minimum Gasteiger partial charge on any atom is -0.467 e. The fourth-order valence-electron chi connectivity index (χ4n) is 2.57. The minimum absolute atomic E-state index is 0.0133. The number of hydrogen-bond acceptors (Lipinski definition) is 7. The second kappa shape index (κ2) is 10.1. The van der Waals surface area contributed by atoms with E-state index < -0.39 is 16.8 Å². The van der Waals surface area contributed by atoms with Gasteiger partial charge >= 0.3 is 5.97 Å². The summed E-state index contributed by atoms with van der Waals surface area (Å²) in [5, 5.41) is 22.8. The third kappa shape index (κ3) is 5.59. The van der Waals surface area contributed by atoms with E-state index in [9.17, 15) is 25.0 Å². The number of rotatable bonds is 7. The molecule has 0 spiro atoms. The number of non-ortho nitro benzene ring substituents is 1. The van der Waals surface area contributed by atoms with E-state index in [0.29, 0.717) is 11.3 Å². The first kappa shape index (κ1) is 22.3. The summed E-state index contributed by atoms with van der Waals surface area (Å²) in [6.45, 7) is 0.139. The molecule has 3 aromatic rings. The van der Waals surface area contributed by atoms with Gasteiger partial charge in [0.2, 0.25) is 0 Å². The monoisotopic (exact) mass is 451 g/mol. The molecule has 0 radical (unpaired) electrons. The van der Waals surface area contributed by atoms with E-state index in [1.165, 1.54) is 48.7 Å². The number of halogens is 1. The van der Waals surface area contributed by atoms with Gasteiger partial charge in [0.15, 0.2) is 0 Å². The SMILES string of the molecule is N#C/C(=C\c1ccc(OC(=O)c2cc([N+](=O)[O-])ccc2Cl)cc1)C(=O)NCc1ccco1. The Hall–Kier alpha value is -4.42. The molecule has 1 N–H and O–H groups in total. The Morgan fingerprint density at radius 1 is 1.22 bits per heavy atom. The molecule has 0 atom stereocenters. The van der Waals surface area contributed by atoms with Gasteiger partial charge in [-0.05, 0) is 42.0 Å². The largest absolute Gasteiger partial charge is 0.467 e. The topological polar surface area (TPSA) is 135 Å². The molecule has 10 heteroatoms. The first-order chi connectivity index (χ1) is 15.4. The Morgan fingerprint density at radius 3 is 2.59 bits per heavy atom. The van der Waals surface area contributed by atoms with Crippen molar-refractivity contribution in [1.82, 2.24) is 5.32 Å². The fourth-order valence-corrected chi connectivity index (χ4v) is 2.76. The summed E-state index contributed by atoms with van der Waals surface area (Å²) >= 11 is 5.94. The van der Waals surface area contributed by atoms with Crippen LogP contribution in [0.1, 0.15) is 21.7 Å². The number of esters is 1. The third-order valence-electron chi connectivity index (χ3n) is 4.15. The van der Waals surface area contributed by atoms with Crippen LogP contribution in [0, 0.1) is 21.4 Å². The number of nitro benzene ring substituents is 1. The zero-order valence-corrected chi connectivity index (χ0v) is 17.0. The fraction of sp³-hybridized carbons (Fsp3) is 0.0455. The number of carbonyl (C=O) groups is 2. The van der Waals surface area contributed by atoms with Gasteiger partial charge < -0.3 is 14.5 Å². The smallest absolute Gasteiger partial charge is 0.345 e. The zero-order chi connectivity index (χ0) is 23.1. The van der Waals surface area contributed by atoms with Gasteiger partial charge in [-0.3, -0.25) is 14.9 Å². The highest BCUT2D eigenvalue weighted by atomic mass is 35.5. The number of nitrogens with one attached hydrogen (secondary N) is 1. The molecule has 1 amide bonds. The molecule has 2 aromatic carbocycles. The molecule has 1 aromatic heterocycles. The van der Waals surface area contributed by atoms with E-state index >= 15 is 0 Å². The summed E-state index contributed by atoms with van der Waals surface area (Å²) in [4.78, 5) is 34.8. The van der Waals surface area contributed by atoms with Crippen LogP contribution in [0.5, 0.6) is 5.75 Å². The van der Waals surface area contributed by atoms with Crippen molar-refractivity contribution in [3.8, 4) is 11.8 Å². The molecule has 1 heterocycles. The van der Waals surface area contributed by atoms with Crippen molar-refractivity contribution in [3.63, 3.8) is 0 Å². The highest BCUT2D eigenvalue weighted by molar-refractivity contribution is 6.33. The van der Waals surface area contributed by atoms with Gasteiger partial charge in [0.25, 0.3) is 11.6 Å². The Kier molecular flexibility index (Phi) is 7.00. The average molecular weight is 452 g/mol. The van der Waals surface area contributed by atoms with E-state index in [1.54, 1.807) is 12.1 Å². The second-order valence-electron chi connectivity index (χ2n) is 6.31. The molecule has 3 rings (SSSR count). The lowest BCUT2D eigenvalue weighted by molar-refractivity contribution is -0.384. The van der Waals surface area contributed by atoms with Gasteiger partial charge in [0.1, 0.15) is 23.2 Å². The summed E-state index contributed by atoms with van der Waals surface area (Å²) in [6.07, 6.45) is 2.85. The maximum Gasteiger partial charge on any atom is 0.345 e. The number of benzene rings is 2. The van der Waals surface area contributed by atoms with Gasteiger partial charge in [-0.25, -0.2) is 4.79 Å². The number of nitro groups is 1. The van der Waals surface area contributed by atoms with Crippen molar-refractivity contribution in [1.29, 1.82) is 5.26 Å². The van der Waals surface area contributed by atoms with Crippen molar-refractivity contribution >= 4 is 35.2 Å². The van der Waals surface area contributed by atoms with E-state index in [4.69, 9.17) is 20.8 Å². The molecule has 0 aliphatic heterocycles. The number of ether oxygens (including phenoxy) is 1. The van der Waals surface area contributed by atoms with Crippen LogP contribution in [-0.4, -0.2) is 16.8 Å². The van der Waals surface area contributed by atoms with Crippen molar-refractivity contribution < 1.29 is 23.7 Å². The zero-order valence-electron chi connectivity index (χ0n) is 16.3. The highest BCUT2D eigenvalue weighted by Crippen LogP contribution is 2.24. The van der Waals surface area contributed by atoms with Gasteiger partial charge in [0.05, 0.1) is 28.3 Å². The summed E-state index contributed by atoms with van der Waals surface area (Å²) in [5.41, 5.74) is -0.0476. The van der Waals surface area contributed by atoms with Crippen LogP contribution in [0.15, 0.2) is 70.9 Å². The Morgan fingerprint density at radius 2 is 1.97 bits per heavy atom. The number of furan rings is 1. The molecule has 32 heavy (non-hydrogen) atoms. The lowest BCUT2D eigenvalue weighted by Gasteiger charge is -2.06. The van der Waals surface area contributed by atoms with E-state index in [0.717, 1.165) is 6.07 Å². The molecular weight excluding hydrogens is 438 g/mol. The van der Waals surface area contributed by atoms with E-state index in [1.807, 2.05) is 6.07 Å². The molecule has 160 valence electrons. The average Bonchev–Trinajstić information content (AvgIpc) is 3.30. The molecule has 0 unspecified atom stereocenters. The molecule has 0 aliphatic rings. The normalized spacial score (nSPS) is 10.8. The Labute approximate surface area is 186 Å². The minimum atomic E-state index is -0.864. The maximum absolute atomic E-state index is 12.3. The Bertz CT molecular complexity index is 1230. The van der Waals surface area contributed by atoms with E-state index in [2.05, 4.69) is 5.32 Å². The van der Waals surface area contributed by atoms with Crippen LogP contribution in [0.2, 0.25) is 5.02 Å². The first-order valence-corrected chi connectivity index (χ1v) is 9.43. The summed E-state index contributed by atoms with van der Waals surface area (Å²) in [7, 11) is 0. The maximum atomic E-state index is 12.3. The molecule has 9 nitrogen and oxygen atoms in total. The predicted molar refractivity (Wildman–Crippen MR) is 114 cm³/mol. The van der Waals surface area contributed by atoms with Crippen molar-refractivity contribution in [2.24, 2.45) is 0 Å². The molecular formula is C22H14ClN3O6. The molecule has 0 aliphatic carbocycles. The first-order valence-electron chi connectivity index (χ1n) is 9.06. The van der Waals surface area contributed by atoms with Crippen LogP contribution >= 0.6 is 11.6 Å². The number of nitriles is 1. The standard InChI is InChI=1S/C22H14ClN3O6/c23-20-8-5-16(26(29)30)11-19(20)22(28)32-17-6-3-14(4-7-17)10-15(12-24)21(27)25-13-18-2-1-9-31-18/h1-11H,13H2,(H,25,27)/b15-10+. The van der Waals surface area contributed by atoms with Crippen LogP contribution < -0.4 is 10.1 Å². The van der Waals surface area contributed by atoms with Crippen molar-refractivity contribution in [2.45, 2.75) is 6.54 Å². The van der Waals surface area contributed by atoms with Crippen molar-refractivity contribution in [2.75, 3.05) is 0 Å². The Balaban J connectivity index is 1.68. The van der Waals surface area contributed by atoms with Crippen LogP contribution in [-0.2, 0) is 11.3 Å². The van der Waals surface area contributed by atoms with Crippen LogP contribution in [0.4, 0.5) is 5.69 Å². The number of amides is 1. The van der Waals surface area contributed by atoms with Gasteiger partial charge in [0, 0.05) is 12.1 Å². The predicted octanol–water partition coefficient (Wildman–Crippen LogP) is 4.28.